The van der Waals surface area contributed by atoms with E-state index < -0.39 is 5.60 Å². The van der Waals surface area contributed by atoms with E-state index in [-0.39, 0.29) is 5.91 Å². The lowest BCUT2D eigenvalue weighted by molar-refractivity contribution is -0.123. The van der Waals surface area contributed by atoms with Gasteiger partial charge in [-0.25, -0.2) is 0 Å². The van der Waals surface area contributed by atoms with Gasteiger partial charge < -0.3 is 10.4 Å². The smallest absolute Gasteiger partial charge is 0.238 e. The van der Waals surface area contributed by atoms with Gasteiger partial charge in [-0.1, -0.05) is 25.0 Å². The van der Waals surface area contributed by atoms with Crippen LogP contribution in [0.25, 0.3) is 0 Å². The Kier molecular flexibility index (Phi) is 4.50. The average Bonchev–Trinajstić information content (AvgIpc) is 2.47. The molecule has 1 amide bonds. The molecule has 0 spiro atoms. The summed E-state index contributed by atoms with van der Waals surface area (Å²) in [5.74, 6) is 0.369. The first kappa shape index (κ1) is 15.5. The number of rotatable bonds is 3. The van der Waals surface area contributed by atoms with E-state index in [1.54, 1.807) is 0 Å². The van der Waals surface area contributed by atoms with Crippen molar-refractivity contribution >= 4 is 11.6 Å². The summed E-state index contributed by atoms with van der Waals surface area (Å²) in [7, 11) is 0. The van der Waals surface area contributed by atoms with E-state index in [0.717, 1.165) is 50.0 Å². The zero-order valence-electron chi connectivity index (χ0n) is 13.3. The SMILES string of the molecule is Cc1cccc(NC(=O)CN2CC[C@@]3(O)CCCC[C@@H]3C2)c1. The number of aliphatic hydroxyl groups is 1. The van der Waals surface area contributed by atoms with Crippen LogP contribution in [0.2, 0.25) is 0 Å². The second-order valence-corrected chi connectivity index (χ2v) is 6.95. The van der Waals surface area contributed by atoms with E-state index in [4.69, 9.17) is 0 Å². The van der Waals surface area contributed by atoms with Gasteiger partial charge in [-0.3, -0.25) is 9.69 Å². The van der Waals surface area contributed by atoms with Gasteiger partial charge in [0.2, 0.25) is 5.91 Å². The van der Waals surface area contributed by atoms with E-state index in [9.17, 15) is 9.90 Å². The Bertz CT molecular complexity index is 546. The highest BCUT2D eigenvalue weighted by atomic mass is 16.3. The number of piperidine rings is 1. The number of likely N-dealkylation sites (tertiary alicyclic amines) is 1. The van der Waals surface area contributed by atoms with Crippen LogP contribution in [0.4, 0.5) is 5.69 Å². The third-order valence-electron chi connectivity index (χ3n) is 5.18. The monoisotopic (exact) mass is 302 g/mol. The molecule has 0 bridgehead atoms. The normalized spacial score (nSPS) is 28.9. The minimum atomic E-state index is -0.470. The number of benzene rings is 1. The molecule has 1 aromatic rings. The Balaban J connectivity index is 1.54. The minimum Gasteiger partial charge on any atom is -0.390 e. The molecular formula is C18H26N2O2. The molecule has 1 heterocycles. The van der Waals surface area contributed by atoms with Crippen LogP contribution in [0.3, 0.4) is 0 Å². The van der Waals surface area contributed by atoms with E-state index in [0.29, 0.717) is 12.5 Å². The van der Waals surface area contributed by atoms with Gasteiger partial charge in [-0.2, -0.15) is 0 Å². The van der Waals surface area contributed by atoms with Crippen LogP contribution in [-0.2, 0) is 4.79 Å². The number of hydrogen-bond donors (Lipinski definition) is 2. The molecule has 1 aliphatic heterocycles. The zero-order chi connectivity index (χ0) is 15.6. The van der Waals surface area contributed by atoms with Gasteiger partial charge in [0.1, 0.15) is 0 Å². The second kappa shape index (κ2) is 6.39. The van der Waals surface area contributed by atoms with Crippen molar-refractivity contribution in [1.29, 1.82) is 0 Å². The van der Waals surface area contributed by atoms with Gasteiger partial charge in [0, 0.05) is 24.7 Å². The first-order valence-electron chi connectivity index (χ1n) is 8.36. The Hall–Kier alpha value is -1.39. The third kappa shape index (κ3) is 3.50. The lowest BCUT2D eigenvalue weighted by Gasteiger charge is -2.47. The molecule has 0 aromatic heterocycles. The summed E-state index contributed by atoms with van der Waals surface area (Å²) in [6.45, 7) is 4.09. The van der Waals surface area contributed by atoms with Crippen LogP contribution >= 0.6 is 0 Å². The third-order valence-corrected chi connectivity index (χ3v) is 5.18. The number of carbonyl (C=O) groups is 1. The summed E-state index contributed by atoms with van der Waals surface area (Å²) >= 11 is 0. The van der Waals surface area contributed by atoms with Crippen molar-refractivity contribution in [3.63, 3.8) is 0 Å². The summed E-state index contributed by atoms with van der Waals surface area (Å²) < 4.78 is 0. The van der Waals surface area contributed by atoms with Crippen molar-refractivity contribution in [1.82, 2.24) is 4.90 Å². The van der Waals surface area contributed by atoms with E-state index >= 15 is 0 Å². The standard InChI is InChI=1S/C18H26N2O2/c1-14-5-4-7-16(11-14)19-17(21)13-20-10-9-18(22)8-3-2-6-15(18)12-20/h4-5,7,11,15,22H,2-3,6,8-10,12-13H2,1H3,(H,19,21)/t15-,18+/m1/s1. The fourth-order valence-electron chi connectivity index (χ4n) is 3.91. The van der Waals surface area contributed by atoms with E-state index in [1.807, 2.05) is 31.2 Å². The molecule has 4 heteroatoms. The summed E-state index contributed by atoms with van der Waals surface area (Å²) in [5, 5.41) is 13.6. The van der Waals surface area contributed by atoms with Crippen molar-refractivity contribution in [2.75, 3.05) is 25.0 Å². The highest BCUT2D eigenvalue weighted by molar-refractivity contribution is 5.92. The maximum absolute atomic E-state index is 12.2. The number of fused-ring (bicyclic) bond motifs is 1. The molecule has 4 nitrogen and oxygen atoms in total. The first-order valence-corrected chi connectivity index (χ1v) is 8.36. The Morgan fingerprint density at radius 2 is 2.27 bits per heavy atom. The van der Waals surface area contributed by atoms with Crippen LogP contribution in [-0.4, -0.2) is 41.1 Å². The largest absolute Gasteiger partial charge is 0.390 e. The van der Waals surface area contributed by atoms with Crippen LogP contribution < -0.4 is 5.32 Å². The predicted molar refractivity (Wildman–Crippen MR) is 87.8 cm³/mol. The van der Waals surface area contributed by atoms with Gasteiger partial charge in [0.25, 0.3) is 0 Å². The van der Waals surface area contributed by atoms with Gasteiger partial charge >= 0.3 is 0 Å². The number of hydrogen-bond acceptors (Lipinski definition) is 3. The predicted octanol–water partition coefficient (Wildman–Crippen LogP) is 2.56. The molecule has 22 heavy (non-hydrogen) atoms. The number of nitrogens with one attached hydrogen (secondary N) is 1. The average molecular weight is 302 g/mol. The maximum Gasteiger partial charge on any atom is 0.238 e. The molecule has 2 fully saturated rings. The molecule has 3 rings (SSSR count). The molecule has 2 N–H and O–H groups in total. The summed E-state index contributed by atoms with van der Waals surface area (Å²) in [6, 6.07) is 7.87. The zero-order valence-corrected chi connectivity index (χ0v) is 13.3. The number of nitrogens with zero attached hydrogens (tertiary/aromatic N) is 1. The minimum absolute atomic E-state index is 0.0341. The maximum atomic E-state index is 12.2. The summed E-state index contributed by atoms with van der Waals surface area (Å²) in [6.07, 6.45) is 5.17. The van der Waals surface area contributed by atoms with Crippen molar-refractivity contribution in [2.45, 2.75) is 44.6 Å². The van der Waals surface area contributed by atoms with Gasteiger partial charge in [-0.05, 0) is 43.9 Å². The van der Waals surface area contributed by atoms with Crippen molar-refractivity contribution < 1.29 is 9.90 Å². The summed E-state index contributed by atoms with van der Waals surface area (Å²) in [5.41, 5.74) is 1.53. The number of carbonyl (C=O) groups excluding carboxylic acids is 1. The molecule has 1 aromatic carbocycles. The van der Waals surface area contributed by atoms with Crippen LogP contribution in [0.5, 0.6) is 0 Å². The fourth-order valence-corrected chi connectivity index (χ4v) is 3.91. The Labute approximate surface area is 132 Å². The number of anilines is 1. The fraction of sp³-hybridized carbons (Fsp3) is 0.611. The highest BCUT2D eigenvalue weighted by Crippen LogP contribution is 2.39. The van der Waals surface area contributed by atoms with Crippen LogP contribution in [0, 0.1) is 12.8 Å². The Morgan fingerprint density at radius 1 is 1.41 bits per heavy atom. The second-order valence-electron chi connectivity index (χ2n) is 6.95. The molecule has 2 atom stereocenters. The molecule has 1 saturated carbocycles. The molecule has 2 aliphatic rings. The molecule has 1 saturated heterocycles. The van der Waals surface area contributed by atoms with Crippen molar-refractivity contribution in [3.05, 3.63) is 29.8 Å². The molecule has 1 aliphatic carbocycles. The molecule has 120 valence electrons. The van der Waals surface area contributed by atoms with Crippen LogP contribution in [0.1, 0.15) is 37.7 Å². The Morgan fingerprint density at radius 3 is 3.09 bits per heavy atom. The number of amides is 1. The first-order chi connectivity index (χ1) is 10.5. The van der Waals surface area contributed by atoms with E-state index in [2.05, 4.69) is 10.2 Å². The lowest BCUT2D eigenvalue weighted by Crippen LogP contribution is -2.54. The highest BCUT2D eigenvalue weighted by Gasteiger charge is 2.42. The molecular weight excluding hydrogens is 276 g/mol. The van der Waals surface area contributed by atoms with E-state index in [1.165, 1.54) is 6.42 Å². The van der Waals surface area contributed by atoms with Gasteiger partial charge in [-0.15, -0.1) is 0 Å². The lowest BCUT2D eigenvalue weighted by atomic mass is 9.71. The molecule has 0 unspecified atom stereocenters. The topological polar surface area (TPSA) is 52.6 Å². The van der Waals surface area contributed by atoms with Gasteiger partial charge in [0.15, 0.2) is 0 Å². The van der Waals surface area contributed by atoms with Crippen LogP contribution in [0.15, 0.2) is 24.3 Å². The van der Waals surface area contributed by atoms with Crippen molar-refractivity contribution in [3.8, 4) is 0 Å². The molecule has 0 radical (unpaired) electrons. The van der Waals surface area contributed by atoms with Gasteiger partial charge in [0.05, 0.1) is 12.1 Å². The number of aryl methyl sites for hydroxylation is 1. The quantitative estimate of drug-likeness (QED) is 0.902. The summed E-state index contributed by atoms with van der Waals surface area (Å²) in [4.78, 5) is 14.4. The van der Waals surface area contributed by atoms with Crippen molar-refractivity contribution in [2.24, 2.45) is 5.92 Å².